The summed E-state index contributed by atoms with van der Waals surface area (Å²) in [4.78, 5) is 21.2. The summed E-state index contributed by atoms with van der Waals surface area (Å²) in [5.41, 5.74) is 0. The van der Waals surface area contributed by atoms with Crippen molar-refractivity contribution in [1.82, 2.24) is 0 Å². The Morgan fingerprint density at radius 1 is 1.64 bits per heavy atom. The quantitative estimate of drug-likeness (QED) is 0.411. The number of rotatable bonds is 5. The average Bonchev–Trinajstić information content (AvgIpc) is 1.98. The standard InChI is InChI=1S/C8H12O3/c1-3-5-6(8(10)11)7(9)4-2/h3,6H,1,4-5H2,2H3,(H,10,11)/p-1. The van der Waals surface area contributed by atoms with Crippen LogP contribution in [0.3, 0.4) is 0 Å². The second kappa shape index (κ2) is 4.66. The Kier molecular flexibility index (Phi) is 4.18. The van der Waals surface area contributed by atoms with Gasteiger partial charge in [-0.05, 0) is 6.42 Å². The number of allylic oxidation sites excluding steroid dienone is 1. The predicted molar refractivity (Wildman–Crippen MR) is 38.6 cm³/mol. The maximum atomic E-state index is 10.9. The molecule has 0 amide bonds. The van der Waals surface area contributed by atoms with E-state index < -0.39 is 11.9 Å². The normalized spacial score (nSPS) is 12.1. The smallest absolute Gasteiger partial charge is 0.141 e. The highest BCUT2D eigenvalue weighted by Gasteiger charge is 2.15. The summed E-state index contributed by atoms with van der Waals surface area (Å²) in [7, 11) is 0. The summed E-state index contributed by atoms with van der Waals surface area (Å²) in [5, 5.41) is 10.3. The first kappa shape index (κ1) is 9.88. The minimum Gasteiger partial charge on any atom is -0.549 e. The molecule has 0 bridgehead atoms. The maximum Gasteiger partial charge on any atom is 0.141 e. The molecule has 62 valence electrons. The molecule has 0 aliphatic carbocycles. The highest BCUT2D eigenvalue weighted by atomic mass is 16.4. The largest absolute Gasteiger partial charge is 0.549 e. The van der Waals surface area contributed by atoms with E-state index in [2.05, 4.69) is 6.58 Å². The summed E-state index contributed by atoms with van der Waals surface area (Å²) in [6, 6.07) is 0. The molecule has 0 aromatic rings. The Hall–Kier alpha value is -1.12. The lowest BCUT2D eigenvalue weighted by Gasteiger charge is -2.12. The van der Waals surface area contributed by atoms with E-state index in [1.165, 1.54) is 6.08 Å². The van der Waals surface area contributed by atoms with Crippen LogP contribution in [-0.2, 0) is 9.59 Å². The third-order valence-electron chi connectivity index (χ3n) is 1.42. The molecule has 1 atom stereocenters. The van der Waals surface area contributed by atoms with Crippen LogP contribution in [0.25, 0.3) is 0 Å². The molecule has 0 aliphatic rings. The maximum absolute atomic E-state index is 10.9. The molecule has 0 aromatic heterocycles. The number of carboxylic acid groups (broad SMARTS) is 1. The molecule has 0 N–H and O–H groups in total. The lowest BCUT2D eigenvalue weighted by Crippen LogP contribution is -2.35. The molecule has 0 heterocycles. The van der Waals surface area contributed by atoms with E-state index in [1.807, 2.05) is 0 Å². The molecule has 3 nitrogen and oxygen atoms in total. The van der Waals surface area contributed by atoms with Crippen molar-refractivity contribution in [2.24, 2.45) is 5.92 Å². The van der Waals surface area contributed by atoms with Crippen molar-refractivity contribution in [3.63, 3.8) is 0 Å². The van der Waals surface area contributed by atoms with Gasteiger partial charge in [-0.1, -0.05) is 13.0 Å². The summed E-state index contributed by atoms with van der Waals surface area (Å²) in [5.74, 6) is -2.61. The minimum absolute atomic E-state index is 0.162. The van der Waals surface area contributed by atoms with E-state index in [1.54, 1.807) is 6.92 Å². The molecular weight excluding hydrogens is 144 g/mol. The Morgan fingerprint density at radius 3 is 2.45 bits per heavy atom. The van der Waals surface area contributed by atoms with E-state index in [0.717, 1.165) is 0 Å². The van der Waals surface area contributed by atoms with E-state index in [4.69, 9.17) is 0 Å². The van der Waals surface area contributed by atoms with Gasteiger partial charge in [0, 0.05) is 6.42 Å². The summed E-state index contributed by atoms with van der Waals surface area (Å²) in [6.45, 7) is 4.98. The van der Waals surface area contributed by atoms with Gasteiger partial charge < -0.3 is 9.90 Å². The zero-order chi connectivity index (χ0) is 8.85. The molecule has 0 fully saturated rings. The molecule has 0 saturated carbocycles. The molecule has 1 unspecified atom stereocenters. The lowest BCUT2D eigenvalue weighted by atomic mass is 9.99. The lowest BCUT2D eigenvalue weighted by molar-refractivity contribution is -0.309. The van der Waals surface area contributed by atoms with Crippen LogP contribution in [0.4, 0.5) is 0 Å². The molecular formula is C8H11O3-. The summed E-state index contributed by atoms with van der Waals surface area (Å²) in [6.07, 6.45) is 1.80. The Labute approximate surface area is 65.7 Å². The third-order valence-corrected chi connectivity index (χ3v) is 1.42. The molecule has 0 rings (SSSR count). The van der Waals surface area contributed by atoms with Crippen LogP contribution in [0.15, 0.2) is 12.7 Å². The van der Waals surface area contributed by atoms with Gasteiger partial charge in [0.15, 0.2) is 0 Å². The monoisotopic (exact) mass is 155 g/mol. The van der Waals surface area contributed by atoms with Crippen molar-refractivity contribution >= 4 is 11.8 Å². The van der Waals surface area contributed by atoms with Gasteiger partial charge in [-0.2, -0.15) is 0 Å². The number of carboxylic acids is 1. The zero-order valence-electron chi connectivity index (χ0n) is 6.50. The van der Waals surface area contributed by atoms with Gasteiger partial charge in [0.1, 0.15) is 5.78 Å². The minimum atomic E-state index is -1.31. The van der Waals surface area contributed by atoms with Crippen molar-refractivity contribution in [3.8, 4) is 0 Å². The first-order valence-electron chi connectivity index (χ1n) is 3.48. The summed E-state index contributed by atoms with van der Waals surface area (Å²) < 4.78 is 0. The Balaban J connectivity index is 4.20. The fraction of sp³-hybridized carbons (Fsp3) is 0.500. The number of carbonyl (C=O) groups is 2. The van der Waals surface area contributed by atoms with Crippen molar-refractivity contribution in [2.75, 3.05) is 0 Å². The first-order valence-corrected chi connectivity index (χ1v) is 3.48. The second-order valence-corrected chi connectivity index (χ2v) is 2.22. The number of hydrogen-bond donors (Lipinski definition) is 0. The molecule has 3 heteroatoms. The van der Waals surface area contributed by atoms with Crippen LogP contribution in [0.5, 0.6) is 0 Å². The Morgan fingerprint density at radius 2 is 2.18 bits per heavy atom. The van der Waals surface area contributed by atoms with E-state index in [-0.39, 0.29) is 18.6 Å². The van der Waals surface area contributed by atoms with Crippen LogP contribution in [0.1, 0.15) is 19.8 Å². The van der Waals surface area contributed by atoms with Gasteiger partial charge >= 0.3 is 0 Å². The fourth-order valence-electron chi connectivity index (χ4n) is 0.772. The predicted octanol–water partition coefficient (Wildman–Crippen LogP) is -0.0923. The van der Waals surface area contributed by atoms with Crippen molar-refractivity contribution in [1.29, 1.82) is 0 Å². The van der Waals surface area contributed by atoms with Gasteiger partial charge in [0.05, 0.1) is 11.9 Å². The van der Waals surface area contributed by atoms with Crippen LogP contribution >= 0.6 is 0 Å². The van der Waals surface area contributed by atoms with Gasteiger partial charge in [-0.15, -0.1) is 6.58 Å². The average molecular weight is 155 g/mol. The van der Waals surface area contributed by atoms with Gasteiger partial charge in [0.25, 0.3) is 0 Å². The van der Waals surface area contributed by atoms with Gasteiger partial charge in [-0.3, -0.25) is 4.79 Å². The fourth-order valence-corrected chi connectivity index (χ4v) is 0.772. The number of hydrogen-bond acceptors (Lipinski definition) is 3. The topological polar surface area (TPSA) is 57.2 Å². The summed E-state index contributed by atoms with van der Waals surface area (Å²) >= 11 is 0. The highest BCUT2D eigenvalue weighted by molar-refractivity contribution is 5.97. The number of Topliss-reactive ketones (excluding diaryl/α,β-unsaturated/α-hetero) is 1. The second-order valence-electron chi connectivity index (χ2n) is 2.22. The third kappa shape index (κ3) is 2.98. The van der Waals surface area contributed by atoms with Crippen molar-refractivity contribution in [3.05, 3.63) is 12.7 Å². The molecule has 0 saturated heterocycles. The van der Waals surface area contributed by atoms with Crippen molar-refractivity contribution < 1.29 is 14.7 Å². The van der Waals surface area contributed by atoms with E-state index >= 15 is 0 Å². The first-order chi connectivity index (χ1) is 5.13. The molecule has 0 aromatic carbocycles. The van der Waals surface area contributed by atoms with Gasteiger partial charge in [0.2, 0.25) is 0 Å². The highest BCUT2D eigenvalue weighted by Crippen LogP contribution is 2.06. The Bertz CT molecular complexity index is 172. The van der Waals surface area contributed by atoms with Crippen LogP contribution in [0.2, 0.25) is 0 Å². The van der Waals surface area contributed by atoms with Crippen LogP contribution < -0.4 is 5.11 Å². The molecule has 0 spiro atoms. The molecule has 0 radical (unpaired) electrons. The SMILES string of the molecule is C=CCC(C(=O)[O-])C(=O)CC. The van der Waals surface area contributed by atoms with E-state index in [9.17, 15) is 14.7 Å². The number of carbonyl (C=O) groups excluding carboxylic acids is 2. The van der Waals surface area contributed by atoms with Crippen LogP contribution in [0, 0.1) is 5.92 Å². The van der Waals surface area contributed by atoms with Crippen molar-refractivity contribution in [2.45, 2.75) is 19.8 Å². The number of ketones is 1. The number of aliphatic carboxylic acids is 1. The van der Waals surface area contributed by atoms with E-state index in [0.29, 0.717) is 0 Å². The molecule has 11 heavy (non-hydrogen) atoms. The zero-order valence-corrected chi connectivity index (χ0v) is 6.50. The van der Waals surface area contributed by atoms with Crippen LogP contribution in [-0.4, -0.2) is 11.8 Å². The molecule has 0 aliphatic heterocycles. The van der Waals surface area contributed by atoms with Gasteiger partial charge in [-0.25, -0.2) is 0 Å².